The monoisotopic (exact) mass is 342 g/mol. The predicted octanol–water partition coefficient (Wildman–Crippen LogP) is 2.28. The molecule has 134 valence electrons. The van der Waals surface area contributed by atoms with Gasteiger partial charge in [0.15, 0.2) is 5.96 Å². The molecule has 1 aliphatic heterocycles. The Morgan fingerprint density at radius 3 is 2.67 bits per heavy atom. The van der Waals surface area contributed by atoms with Gasteiger partial charge in [0.25, 0.3) is 0 Å². The fraction of sp³-hybridized carbons (Fsp3) is 0.588. The molecule has 0 spiro atoms. The average molecular weight is 342 g/mol. The number of halogens is 3. The van der Waals surface area contributed by atoms with E-state index in [1.807, 2.05) is 18.2 Å². The van der Waals surface area contributed by atoms with Crippen LogP contribution in [-0.2, 0) is 6.42 Å². The zero-order chi connectivity index (χ0) is 17.4. The molecule has 24 heavy (non-hydrogen) atoms. The summed E-state index contributed by atoms with van der Waals surface area (Å²) in [6, 6.07) is 10.2. The molecule has 4 nitrogen and oxygen atoms in total. The molecule has 0 radical (unpaired) electrons. The third-order valence-corrected chi connectivity index (χ3v) is 4.10. The van der Waals surface area contributed by atoms with E-state index in [2.05, 4.69) is 27.8 Å². The second-order valence-electron chi connectivity index (χ2n) is 6.12. The van der Waals surface area contributed by atoms with E-state index in [0.717, 1.165) is 19.4 Å². The summed E-state index contributed by atoms with van der Waals surface area (Å²) in [4.78, 5) is 5.63. The van der Waals surface area contributed by atoms with Crippen LogP contribution in [0.1, 0.15) is 12.0 Å². The minimum absolute atomic E-state index is 0.222. The van der Waals surface area contributed by atoms with E-state index in [1.54, 1.807) is 7.05 Å². The molecule has 0 amide bonds. The normalized spacial score (nSPS) is 19.5. The third-order valence-electron chi connectivity index (χ3n) is 4.10. The lowest BCUT2D eigenvalue weighted by molar-refractivity contribution is -0.143. The summed E-state index contributed by atoms with van der Waals surface area (Å²) in [7, 11) is 1.70. The number of aliphatic imine (C=N–C) groups is 1. The van der Waals surface area contributed by atoms with Crippen molar-refractivity contribution in [2.24, 2.45) is 10.9 Å². The summed E-state index contributed by atoms with van der Waals surface area (Å²) in [6.07, 6.45) is -2.44. The molecule has 0 saturated carbocycles. The second-order valence-corrected chi connectivity index (χ2v) is 6.12. The summed E-state index contributed by atoms with van der Waals surface area (Å²) in [5.41, 5.74) is 1.25. The van der Waals surface area contributed by atoms with Crippen LogP contribution in [0.4, 0.5) is 13.2 Å². The standard InChI is InChI=1S/C17H25F3N4/c1-21-16(22-9-7-14-5-3-2-4-6-14)23-11-15-8-10-24(12-15)13-17(18,19)20/h2-6,15H,7-13H2,1H3,(H2,21,22,23). The molecule has 1 fully saturated rings. The number of nitrogens with zero attached hydrogens (tertiary/aromatic N) is 2. The second kappa shape index (κ2) is 8.92. The Morgan fingerprint density at radius 2 is 2.00 bits per heavy atom. The molecule has 1 unspecified atom stereocenters. The average Bonchev–Trinajstić information content (AvgIpc) is 2.97. The predicted molar refractivity (Wildman–Crippen MR) is 90.1 cm³/mol. The van der Waals surface area contributed by atoms with Crippen molar-refractivity contribution in [3.05, 3.63) is 35.9 Å². The molecule has 1 heterocycles. The fourth-order valence-electron chi connectivity index (χ4n) is 2.91. The molecule has 1 aliphatic rings. The molecule has 1 atom stereocenters. The Kier molecular flexibility index (Phi) is 6.90. The van der Waals surface area contributed by atoms with Crippen molar-refractivity contribution in [3.8, 4) is 0 Å². The number of rotatable bonds is 6. The summed E-state index contributed by atoms with van der Waals surface area (Å²) in [6.45, 7) is 1.57. The van der Waals surface area contributed by atoms with Crippen molar-refractivity contribution >= 4 is 5.96 Å². The molecule has 0 bridgehead atoms. The first-order chi connectivity index (χ1) is 11.5. The van der Waals surface area contributed by atoms with Crippen molar-refractivity contribution < 1.29 is 13.2 Å². The van der Waals surface area contributed by atoms with Crippen LogP contribution in [0.5, 0.6) is 0 Å². The number of hydrogen-bond acceptors (Lipinski definition) is 2. The highest BCUT2D eigenvalue weighted by Gasteiger charge is 2.34. The largest absolute Gasteiger partial charge is 0.401 e. The molecule has 7 heteroatoms. The quantitative estimate of drug-likeness (QED) is 0.615. The Balaban J connectivity index is 1.65. The molecule has 1 saturated heterocycles. The summed E-state index contributed by atoms with van der Waals surface area (Å²) in [5.74, 6) is 0.917. The molecule has 2 rings (SSSR count). The highest BCUT2D eigenvalue weighted by molar-refractivity contribution is 5.79. The topological polar surface area (TPSA) is 39.7 Å². The van der Waals surface area contributed by atoms with Gasteiger partial charge in [-0.1, -0.05) is 30.3 Å². The maximum atomic E-state index is 12.4. The van der Waals surface area contributed by atoms with E-state index in [1.165, 1.54) is 10.5 Å². The first-order valence-electron chi connectivity index (χ1n) is 8.24. The van der Waals surface area contributed by atoms with Crippen molar-refractivity contribution in [2.45, 2.75) is 19.0 Å². The van der Waals surface area contributed by atoms with Crippen LogP contribution >= 0.6 is 0 Å². The number of hydrogen-bond donors (Lipinski definition) is 2. The number of benzene rings is 1. The van der Waals surface area contributed by atoms with Gasteiger partial charge < -0.3 is 10.6 Å². The fourth-order valence-corrected chi connectivity index (χ4v) is 2.91. The third kappa shape index (κ3) is 6.78. The molecule has 2 N–H and O–H groups in total. The van der Waals surface area contributed by atoms with Crippen LogP contribution in [0.2, 0.25) is 0 Å². The van der Waals surface area contributed by atoms with Crippen molar-refractivity contribution in [1.82, 2.24) is 15.5 Å². The van der Waals surface area contributed by atoms with E-state index < -0.39 is 12.7 Å². The maximum Gasteiger partial charge on any atom is 0.401 e. The molecule has 1 aromatic carbocycles. The lowest BCUT2D eigenvalue weighted by Crippen LogP contribution is -2.41. The van der Waals surface area contributed by atoms with E-state index in [-0.39, 0.29) is 5.92 Å². The molecule has 0 aliphatic carbocycles. The Labute approximate surface area is 141 Å². The van der Waals surface area contributed by atoms with Gasteiger partial charge in [-0.3, -0.25) is 9.89 Å². The molecule has 0 aromatic heterocycles. The van der Waals surface area contributed by atoms with Crippen LogP contribution in [0.15, 0.2) is 35.3 Å². The van der Waals surface area contributed by atoms with Gasteiger partial charge in [0.1, 0.15) is 0 Å². The first-order valence-corrected chi connectivity index (χ1v) is 8.24. The highest BCUT2D eigenvalue weighted by atomic mass is 19.4. The Bertz CT molecular complexity index is 516. The van der Waals surface area contributed by atoms with Crippen LogP contribution < -0.4 is 10.6 Å². The highest BCUT2D eigenvalue weighted by Crippen LogP contribution is 2.22. The van der Waals surface area contributed by atoms with Gasteiger partial charge in [0, 0.05) is 26.7 Å². The summed E-state index contributed by atoms with van der Waals surface area (Å²) >= 11 is 0. The number of guanidine groups is 1. The van der Waals surface area contributed by atoms with E-state index in [0.29, 0.717) is 25.6 Å². The van der Waals surface area contributed by atoms with Crippen LogP contribution in [0.25, 0.3) is 0 Å². The Hall–Kier alpha value is -1.76. The van der Waals surface area contributed by atoms with Gasteiger partial charge in [0.2, 0.25) is 0 Å². The summed E-state index contributed by atoms with van der Waals surface area (Å²) in [5, 5.41) is 6.45. The summed E-state index contributed by atoms with van der Waals surface area (Å²) < 4.78 is 37.2. The lowest BCUT2D eigenvalue weighted by atomic mass is 10.1. The van der Waals surface area contributed by atoms with Crippen molar-refractivity contribution in [1.29, 1.82) is 0 Å². The first kappa shape index (κ1) is 18.6. The Morgan fingerprint density at radius 1 is 1.25 bits per heavy atom. The van der Waals surface area contributed by atoms with Gasteiger partial charge in [-0.2, -0.15) is 13.2 Å². The number of nitrogens with one attached hydrogen (secondary N) is 2. The minimum atomic E-state index is -4.11. The SMILES string of the molecule is CN=C(NCCc1ccccc1)NCC1CCN(CC(F)(F)F)C1. The maximum absolute atomic E-state index is 12.4. The van der Waals surface area contributed by atoms with Crippen LogP contribution in [-0.4, -0.2) is 56.8 Å². The van der Waals surface area contributed by atoms with E-state index in [4.69, 9.17) is 0 Å². The molecule has 1 aromatic rings. The zero-order valence-corrected chi connectivity index (χ0v) is 13.9. The van der Waals surface area contributed by atoms with Gasteiger partial charge in [-0.25, -0.2) is 0 Å². The van der Waals surface area contributed by atoms with Gasteiger partial charge in [0.05, 0.1) is 6.54 Å². The molecular formula is C17H25F3N4. The number of likely N-dealkylation sites (tertiary alicyclic amines) is 1. The number of alkyl halides is 3. The molecular weight excluding hydrogens is 317 g/mol. The van der Waals surface area contributed by atoms with Gasteiger partial charge in [-0.15, -0.1) is 0 Å². The van der Waals surface area contributed by atoms with Gasteiger partial charge >= 0.3 is 6.18 Å². The minimum Gasteiger partial charge on any atom is -0.356 e. The van der Waals surface area contributed by atoms with Crippen molar-refractivity contribution in [2.75, 3.05) is 39.8 Å². The smallest absolute Gasteiger partial charge is 0.356 e. The van der Waals surface area contributed by atoms with Crippen molar-refractivity contribution in [3.63, 3.8) is 0 Å². The van der Waals surface area contributed by atoms with Crippen LogP contribution in [0.3, 0.4) is 0 Å². The van der Waals surface area contributed by atoms with E-state index in [9.17, 15) is 13.2 Å². The van der Waals surface area contributed by atoms with Gasteiger partial charge in [-0.05, 0) is 30.9 Å². The van der Waals surface area contributed by atoms with Crippen LogP contribution in [0, 0.1) is 5.92 Å². The zero-order valence-electron chi connectivity index (χ0n) is 13.9. The lowest BCUT2D eigenvalue weighted by Gasteiger charge is -2.18. The van der Waals surface area contributed by atoms with E-state index >= 15 is 0 Å².